The van der Waals surface area contributed by atoms with Crippen LogP contribution >= 0.6 is 0 Å². The van der Waals surface area contributed by atoms with Crippen LogP contribution in [0.2, 0.25) is 0 Å². The van der Waals surface area contributed by atoms with Gasteiger partial charge in [-0.1, -0.05) is 13.3 Å². The van der Waals surface area contributed by atoms with E-state index >= 15 is 0 Å². The zero-order valence-corrected chi connectivity index (χ0v) is 12.5. The average molecular weight is 253 g/mol. The first-order chi connectivity index (χ1) is 8.58. The first-order valence-electron chi connectivity index (χ1n) is 7.75. The van der Waals surface area contributed by atoms with E-state index in [1.165, 1.54) is 45.3 Å². The van der Waals surface area contributed by atoms with Crippen LogP contribution in [0, 0.1) is 5.41 Å². The van der Waals surface area contributed by atoms with Crippen molar-refractivity contribution in [1.82, 2.24) is 15.5 Å². The lowest BCUT2D eigenvalue weighted by molar-refractivity contribution is 0.101. The predicted octanol–water partition coefficient (Wildman–Crippen LogP) is 1.84. The summed E-state index contributed by atoms with van der Waals surface area (Å²) in [6, 6.07) is 0. The van der Waals surface area contributed by atoms with Gasteiger partial charge in [0.1, 0.15) is 0 Å². The van der Waals surface area contributed by atoms with Gasteiger partial charge in [0.05, 0.1) is 0 Å². The lowest BCUT2D eigenvalue weighted by Crippen LogP contribution is -2.57. The van der Waals surface area contributed by atoms with Gasteiger partial charge in [0.15, 0.2) is 0 Å². The van der Waals surface area contributed by atoms with Gasteiger partial charge in [-0.15, -0.1) is 0 Å². The smallest absolute Gasteiger partial charge is 0.0278 e. The molecule has 1 saturated heterocycles. The van der Waals surface area contributed by atoms with Crippen molar-refractivity contribution in [1.29, 1.82) is 0 Å². The first-order valence-corrected chi connectivity index (χ1v) is 7.75. The molecule has 18 heavy (non-hydrogen) atoms. The molecule has 1 aliphatic heterocycles. The Morgan fingerprint density at radius 2 is 1.89 bits per heavy atom. The fraction of sp³-hybridized carbons (Fsp3) is 1.00. The van der Waals surface area contributed by atoms with E-state index in [0.717, 1.165) is 19.6 Å². The third-order valence-electron chi connectivity index (χ3n) is 4.77. The highest BCUT2D eigenvalue weighted by atomic mass is 15.2. The zero-order chi connectivity index (χ0) is 13.1. The molecule has 2 N–H and O–H groups in total. The summed E-state index contributed by atoms with van der Waals surface area (Å²) in [5, 5.41) is 7.18. The molecule has 0 radical (unpaired) electrons. The molecule has 2 aliphatic rings. The summed E-state index contributed by atoms with van der Waals surface area (Å²) < 4.78 is 0. The fourth-order valence-corrected chi connectivity index (χ4v) is 3.24. The Kier molecular flexibility index (Phi) is 4.68. The van der Waals surface area contributed by atoms with Crippen LogP contribution in [0.25, 0.3) is 0 Å². The second-order valence-corrected chi connectivity index (χ2v) is 6.90. The summed E-state index contributed by atoms with van der Waals surface area (Å²) in [6.07, 6.45) is 5.64. The van der Waals surface area contributed by atoms with Crippen molar-refractivity contribution in [2.24, 2.45) is 5.41 Å². The molecule has 3 nitrogen and oxygen atoms in total. The summed E-state index contributed by atoms with van der Waals surface area (Å²) in [6.45, 7) is 14.1. The molecule has 1 aliphatic carbocycles. The van der Waals surface area contributed by atoms with Crippen LogP contribution in [0.4, 0.5) is 0 Å². The number of hydrogen-bond acceptors (Lipinski definition) is 3. The number of piperazine rings is 1. The van der Waals surface area contributed by atoms with Gasteiger partial charge >= 0.3 is 0 Å². The highest BCUT2D eigenvalue weighted by molar-refractivity contribution is 4.95. The fourth-order valence-electron chi connectivity index (χ4n) is 3.24. The van der Waals surface area contributed by atoms with E-state index in [1.54, 1.807) is 0 Å². The Morgan fingerprint density at radius 1 is 1.22 bits per heavy atom. The Labute approximate surface area is 113 Å². The summed E-state index contributed by atoms with van der Waals surface area (Å²) in [4.78, 5) is 2.62. The van der Waals surface area contributed by atoms with Gasteiger partial charge in [-0.05, 0) is 38.5 Å². The Morgan fingerprint density at radius 3 is 2.44 bits per heavy atom. The maximum absolute atomic E-state index is 3.75. The standard InChI is InChI=1S/C15H31N3/c1-4-5-15(6-7-15)13-17-12-14(2,3)18-10-8-16-9-11-18/h16-17H,4-13H2,1-3H3. The van der Waals surface area contributed by atoms with Crippen LogP contribution in [0.1, 0.15) is 46.5 Å². The molecule has 0 unspecified atom stereocenters. The van der Waals surface area contributed by atoms with Crippen molar-refractivity contribution in [2.75, 3.05) is 39.3 Å². The monoisotopic (exact) mass is 253 g/mol. The molecule has 0 atom stereocenters. The van der Waals surface area contributed by atoms with Crippen molar-refractivity contribution in [3.8, 4) is 0 Å². The molecule has 0 spiro atoms. The van der Waals surface area contributed by atoms with Crippen LogP contribution in [0.3, 0.4) is 0 Å². The SMILES string of the molecule is CCCC1(CNCC(C)(C)N2CCNCC2)CC1. The average Bonchev–Trinajstić information content (AvgIpc) is 3.11. The largest absolute Gasteiger partial charge is 0.314 e. The number of nitrogens with one attached hydrogen (secondary N) is 2. The van der Waals surface area contributed by atoms with Crippen LogP contribution in [-0.2, 0) is 0 Å². The quantitative estimate of drug-likeness (QED) is 0.725. The molecule has 1 saturated carbocycles. The molecule has 3 heteroatoms. The van der Waals surface area contributed by atoms with Crippen molar-refractivity contribution in [3.05, 3.63) is 0 Å². The van der Waals surface area contributed by atoms with Gasteiger partial charge in [0.25, 0.3) is 0 Å². The second-order valence-electron chi connectivity index (χ2n) is 6.90. The molecule has 0 aromatic heterocycles. The summed E-state index contributed by atoms with van der Waals surface area (Å²) in [5.74, 6) is 0. The summed E-state index contributed by atoms with van der Waals surface area (Å²) in [7, 11) is 0. The van der Waals surface area contributed by atoms with Crippen LogP contribution in [0.5, 0.6) is 0 Å². The lowest BCUT2D eigenvalue weighted by Gasteiger charge is -2.41. The van der Waals surface area contributed by atoms with Crippen LogP contribution in [-0.4, -0.2) is 49.7 Å². The zero-order valence-electron chi connectivity index (χ0n) is 12.5. The minimum atomic E-state index is 0.296. The van der Waals surface area contributed by atoms with E-state index in [-0.39, 0.29) is 0 Å². The molecule has 0 aromatic rings. The summed E-state index contributed by atoms with van der Waals surface area (Å²) >= 11 is 0. The van der Waals surface area contributed by atoms with E-state index in [0.29, 0.717) is 11.0 Å². The molecular formula is C15H31N3. The third kappa shape index (κ3) is 3.69. The van der Waals surface area contributed by atoms with E-state index in [2.05, 4.69) is 36.3 Å². The van der Waals surface area contributed by atoms with Crippen LogP contribution < -0.4 is 10.6 Å². The van der Waals surface area contributed by atoms with E-state index < -0.39 is 0 Å². The Bertz CT molecular complexity index is 252. The van der Waals surface area contributed by atoms with E-state index in [4.69, 9.17) is 0 Å². The second kappa shape index (κ2) is 5.89. The van der Waals surface area contributed by atoms with Gasteiger partial charge < -0.3 is 10.6 Å². The molecule has 0 aromatic carbocycles. The number of nitrogens with zero attached hydrogens (tertiary/aromatic N) is 1. The number of rotatable bonds is 7. The Balaban J connectivity index is 1.71. The molecule has 1 heterocycles. The van der Waals surface area contributed by atoms with Gasteiger partial charge in [0, 0.05) is 44.8 Å². The molecule has 0 bridgehead atoms. The minimum Gasteiger partial charge on any atom is -0.314 e. The van der Waals surface area contributed by atoms with Gasteiger partial charge in [-0.2, -0.15) is 0 Å². The highest BCUT2D eigenvalue weighted by Crippen LogP contribution is 2.48. The normalized spacial score (nSPS) is 24.2. The molecule has 2 fully saturated rings. The summed E-state index contributed by atoms with van der Waals surface area (Å²) in [5.41, 5.74) is 0.971. The number of hydrogen-bond donors (Lipinski definition) is 2. The lowest BCUT2D eigenvalue weighted by atomic mass is 9.98. The molecular weight excluding hydrogens is 222 g/mol. The highest BCUT2D eigenvalue weighted by Gasteiger charge is 2.41. The first kappa shape index (κ1) is 14.3. The van der Waals surface area contributed by atoms with E-state index in [1.807, 2.05) is 0 Å². The van der Waals surface area contributed by atoms with Gasteiger partial charge in [-0.3, -0.25) is 4.90 Å². The van der Waals surface area contributed by atoms with Crippen molar-refractivity contribution < 1.29 is 0 Å². The molecule has 106 valence electrons. The maximum atomic E-state index is 3.75. The van der Waals surface area contributed by atoms with Gasteiger partial charge in [-0.25, -0.2) is 0 Å². The van der Waals surface area contributed by atoms with Crippen molar-refractivity contribution in [2.45, 2.75) is 52.0 Å². The Hall–Kier alpha value is -0.120. The third-order valence-corrected chi connectivity index (χ3v) is 4.77. The topological polar surface area (TPSA) is 27.3 Å². The van der Waals surface area contributed by atoms with Crippen molar-refractivity contribution >= 4 is 0 Å². The molecule has 2 rings (SSSR count). The van der Waals surface area contributed by atoms with E-state index in [9.17, 15) is 0 Å². The van der Waals surface area contributed by atoms with Gasteiger partial charge in [0.2, 0.25) is 0 Å². The van der Waals surface area contributed by atoms with Crippen molar-refractivity contribution in [3.63, 3.8) is 0 Å². The predicted molar refractivity (Wildman–Crippen MR) is 78.0 cm³/mol. The minimum absolute atomic E-state index is 0.296. The van der Waals surface area contributed by atoms with Crippen LogP contribution in [0.15, 0.2) is 0 Å². The molecule has 0 amide bonds. The maximum Gasteiger partial charge on any atom is 0.0278 e.